The Labute approximate surface area is 186 Å². The van der Waals surface area contributed by atoms with Gasteiger partial charge in [-0.3, -0.25) is 0 Å². The van der Waals surface area contributed by atoms with Crippen molar-refractivity contribution in [3.8, 4) is 23.1 Å². The fraction of sp³-hybridized carbons (Fsp3) is 0.292. The second kappa shape index (κ2) is 10.5. The number of nitriles is 1. The van der Waals surface area contributed by atoms with Crippen molar-refractivity contribution in [2.24, 2.45) is 0 Å². The van der Waals surface area contributed by atoms with E-state index in [4.69, 9.17) is 18.7 Å². The van der Waals surface area contributed by atoms with E-state index in [0.29, 0.717) is 24.6 Å². The van der Waals surface area contributed by atoms with Crippen molar-refractivity contribution in [3.05, 3.63) is 64.7 Å². The minimum absolute atomic E-state index is 0.0908. The van der Waals surface area contributed by atoms with Gasteiger partial charge in [0.1, 0.15) is 23.1 Å². The molecular formula is C24H25N3O5. The number of esters is 1. The van der Waals surface area contributed by atoms with Crippen molar-refractivity contribution in [2.75, 3.05) is 20.8 Å². The van der Waals surface area contributed by atoms with Crippen LogP contribution in [0.25, 0.3) is 17.3 Å². The first kappa shape index (κ1) is 22.8. The van der Waals surface area contributed by atoms with Gasteiger partial charge in [0.05, 0.1) is 13.7 Å². The molecule has 3 rings (SSSR count). The lowest BCUT2D eigenvalue weighted by molar-refractivity contribution is -0.140. The van der Waals surface area contributed by atoms with Crippen molar-refractivity contribution in [1.29, 1.82) is 5.26 Å². The molecular weight excluding hydrogens is 410 g/mol. The Morgan fingerprint density at radius 1 is 1.22 bits per heavy atom. The smallest absolute Gasteiger partial charge is 0.349 e. The Bertz CT molecular complexity index is 1150. The lowest BCUT2D eigenvalue weighted by atomic mass is 10.1. The summed E-state index contributed by atoms with van der Waals surface area (Å²) >= 11 is 0. The fourth-order valence-electron chi connectivity index (χ4n) is 3.29. The van der Waals surface area contributed by atoms with Crippen molar-refractivity contribution >= 4 is 12.0 Å². The van der Waals surface area contributed by atoms with Gasteiger partial charge in [-0.15, -0.1) is 0 Å². The predicted octanol–water partition coefficient (Wildman–Crippen LogP) is 4.07. The minimum Gasteiger partial charge on any atom is -0.497 e. The summed E-state index contributed by atoms with van der Waals surface area (Å²) in [5, 5.41) is 13.5. The van der Waals surface area contributed by atoms with Crippen molar-refractivity contribution in [3.63, 3.8) is 0 Å². The molecule has 0 aliphatic rings. The predicted molar refractivity (Wildman–Crippen MR) is 118 cm³/mol. The molecule has 0 fully saturated rings. The Morgan fingerprint density at radius 3 is 2.62 bits per heavy atom. The molecule has 8 heteroatoms. The van der Waals surface area contributed by atoms with Gasteiger partial charge in [-0.05, 0) is 55.8 Å². The third-order valence-corrected chi connectivity index (χ3v) is 5.06. The largest absolute Gasteiger partial charge is 0.497 e. The number of ether oxygens (including phenoxy) is 3. The molecule has 0 saturated heterocycles. The number of nitrogens with zero attached hydrogens (tertiary/aromatic N) is 3. The molecule has 0 spiro atoms. The molecule has 0 aliphatic heterocycles. The standard InChI is InChI=1S/C24H25N3O5/c1-16-11-19(17(2)27(16)9-10-29-3)12-20(14-25)24(28)31-15-22-13-23(26-32-22)18-5-7-21(30-4)8-6-18/h5-8,11-13H,9-10,15H2,1-4H3/b20-12+. The van der Waals surface area contributed by atoms with Crippen LogP contribution in [0.5, 0.6) is 5.75 Å². The Hall–Kier alpha value is -3.83. The summed E-state index contributed by atoms with van der Waals surface area (Å²) in [5.74, 6) is 0.387. The highest BCUT2D eigenvalue weighted by atomic mass is 16.5. The molecule has 8 nitrogen and oxygen atoms in total. The van der Waals surface area contributed by atoms with E-state index >= 15 is 0 Å². The molecule has 32 heavy (non-hydrogen) atoms. The van der Waals surface area contributed by atoms with Gasteiger partial charge in [0.15, 0.2) is 12.4 Å². The molecule has 0 saturated carbocycles. The maximum absolute atomic E-state index is 12.5. The van der Waals surface area contributed by atoms with Crippen LogP contribution in [0.2, 0.25) is 0 Å². The average Bonchev–Trinajstić information content (AvgIpc) is 3.39. The van der Waals surface area contributed by atoms with Crippen molar-refractivity contribution in [2.45, 2.75) is 27.0 Å². The van der Waals surface area contributed by atoms with Crippen LogP contribution in [0.15, 0.2) is 46.5 Å². The fourth-order valence-corrected chi connectivity index (χ4v) is 3.29. The van der Waals surface area contributed by atoms with Crippen LogP contribution in [0.3, 0.4) is 0 Å². The molecule has 166 valence electrons. The first-order valence-electron chi connectivity index (χ1n) is 10.0. The number of hydrogen-bond donors (Lipinski definition) is 0. The van der Waals surface area contributed by atoms with Crippen LogP contribution in [0, 0.1) is 25.2 Å². The summed E-state index contributed by atoms with van der Waals surface area (Å²) in [4.78, 5) is 12.5. The van der Waals surface area contributed by atoms with E-state index in [1.807, 2.05) is 50.2 Å². The summed E-state index contributed by atoms with van der Waals surface area (Å²) < 4.78 is 22.9. The van der Waals surface area contributed by atoms with Crippen LogP contribution in [0.4, 0.5) is 0 Å². The van der Waals surface area contributed by atoms with E-state index in [-0.39, 0.29) is 12.2 Å². The van der Waals surface area contributed by atoms with Gasteiger partial charge in [-0.1, -0.05) is 5.16 Å². The summed E-state index contributed by atoms with van der Waals surface area (Å²) in [5.41, 5.74) is 4.11. The van der Waals surface area contributed by atoms with E-state index in [0.717, 1.165) is 28.3 Å². The van der Waals surface area contributed by atoms with Gasteiger partial charge < -0.3 is 23.3 Å². The quantitative estimate of drug-likeness (QED) is 0.284. The van der Waals surface area contributed by atoms with Crippen LogP contribution in [-0.4, -0.2) is 36.5 Å². The average molecular weight is 435 g/mol. The molecule has 0 bridgehead atoms. The minimum atomic E-state index is -0.725. The van der Waals surface area contributed by atoms with E-state index in [1.165, 1.54) is 6.08 Å². The highest BCUT2D eigenvalue weighted by Gasteiger charge is 2.16. The first-order chi connectivity index (χ1) is 15.5. The number of aryl methyl sites for hydroxylation is 1. The van der Waals surface area contributed by atoms with Crippen LogP contribution >= 0.6 is 0 Å². The Morgan fingerprint density at radius 2 is 1.97 bits per heavy atom. The number of benzene rings is 1. The normalized spacial score (nSPS) is 11.3. The molecule has 0 radical (unpaired) electrons. The molecule has 0 aliphatic carbocycles. The molecule has 0 unspecified atom stereocenters. The number of hydrogen-bond acceptors (Lipinski definition) is 7. The lowest BCUT2D eigenvalue weighted by Gasteiger charge is -2.08. The maximum atomic E-state index is 12.5. The number of carbonyl (C=O) groups excluding carboxylic acids is 1. The van der Waals surface area contributed by atoms with E-state index in [2.05, 4.69) is 9.72 Å². The monoisotopic (exact) mass is 435 g/mol. The molecule has 0 atom stereocenters. The lowest BCUT2D eigenvalue weighted by Crippen LogP contribution is -2.08. The van der Waals surface area contributed by atoms with Gasteiger partial charge in [0.2, 0.25) is 0 Å². The van der Waals surface area contributed by atoms with E-state index in [1.54, 1.807) is 20.3 Å². The molecule has 1 aromatic carbocycles. The van der Waals surface area contributed by atoms with Gasteiger partial charge in [-0.2, -0.15) is 5.26 Å². The third-order valence-electron chi connectivity index (χ3n) is 5.06. The highest BCUT2D eigenvalue weighted by Crippen LogP contribution is 2.23. The van der Waals surface area contributed by atoms with Crippen molar-refractivity contribution in [1.82, 2.24) is 9.72 Å². The number of aromatic nitrogens is 2. The van der Waals surface area contributed by atoms with Gasteiger partial charge in [-0.25, -0.2) is 4.79 Å². The van der Waals surface area contributed by atoms with E-state index in [9.17, 15) is 10.1 Å². The maximum Gasteiger partial charge on any atom is 0.349 e. The number of methoxy groups -OCH3 is 2. The molecule has 0 N–H and O–H groups in total. The summed E-state index contributed by atoms with van der Waals surface area (Å²) in [6, 6.07) is 12.9. The Kier molecular flexibility index (Phi) is 7.47. The van der Waals surface area contributed by atoms with E-state index < -0.39 is 5.97 Å². The van der Waals surface area contributed by atoms with Gasteiger partial charge in [0, 0.05) is 36.7 Å². The second-order valence-corrected chi connectivity index (χ2v) is 7.12. The number of carbonyl (C=O) groups is 1. The highest BCUT2D eigenvalue weighted by molar-refractivity contribution is 5.98. The summed E-state index contributed by atoms with van der Waals surface area (Å²) in [6.07, 6.45) is 1.54. The zero-order valence-electron chi connectivity index (χ0n) is 18.5. The SMILES string of the molecule is COCCn1c(C)cc(/C=C(\C#N)C(=O)OCc2cc(-c3ccc(OC)cc3)no2)c1C. The van der Waals surface area contributed by atoms with Crippen LogP contribution in [-0.2, 0) is 27.4 Å². The topological polar surface area (TPSA) is 99.5 Å². The first-order valence-corrected chi connectivity index (χ1v) is 10.0. The molecule has 0 amide bonds. The van der Waals surface area contributed by atoms with Gasteiger partial charge in [0.25, 0.3) is 0 Å². The zero-order chi connectivity index (χ0) is 23.1. The zero-order valence-corrected chi connectivity index (χ0v) is 18.5. The second-order valence-electron chi connectivity index (χ2n) is 7.12. The molecule has 2 heterocycles. The Balaban J connectivity index is 1.67. The number of rotatable bonds is 9. The molecule has 2 aromatic heterocycles. The van der Waals surface area contributed by atoms with Crippen molar-refractivity contribution < 1.29 is 23.5 Å². The summed E-state index contributed by atoms with van der Waals surface area (Å²) in [6.45, 7) is 5.03. The summed E-state index contributed by atoms with van der Waals surface area (Å²) in [7, 11) is 3.24. The van der Waals surface area contributed by atoms with Gasteiger partial charge >= 0.3 is 5.97 Å². The molecule has 3 aromatic rings. The third kappa shape index (κ3) is 5.25. The van der Waals surface area contributed by atoms with Crippen LogP contribution < -0.4 is 4.74 Å². The van der Waals surface area contributed by atoms with Crippen LogP contribution in [0.1, 0.15) is 22.7 Å².